The van der Waals surface area contributed by atoms with Crippen molar-refractivity contribution in [1.82, 2.24) is 9.38 Å². The largest absolute Gasteiger partial charge is 0.456 e. The van der Waals surface area contributed by atoms with Crippen molar-refractivity contribution in [3.05, 3.63) is 34.3 Å². The van der Waals surface area contributed by atoms with Gasteiger partial charge in [-0.05, 0) is 28.1 Å². The number of hydrogen-bond acceptors (Lipinski definition) is 2. The van der Waals surface area contributed by atoms with Gasteiger partial charge >= 0.3 is 6.18 Å². The van der Waals surface area contributed by atoms with Gasteiger partial charge in [-0.3, -0.25) is 4.79 Å². The highest BCUT2D eigenvalue weighted by Crippen LogP contribution is 2.29. The molecule has 3 nitrogen and oxygen atoms in total. The Balaban J connectivity index is 2.78. The second-order valence-corrected chi connectivity index (χ2v) is 6.38. The number of pyridine rings is 1. The number of halogens is 4. The van der Waals surface area contributed by atoms with Crippen LogP contribution >= 0.6 is 15.9 Å². The molecular weight excluding hydrogens is 337 g/mol. The Kier molecular flexibility index (Phi) is 3.44. The minimum absolute atomic E-state index is 0.153. The lowest BCUT2D eigenvalue weighted by molar-refractivity contribution is -0.0887. The van der Waals surface area contributed by atoms with Crippen LogP contribution in [0.3, 0.4) is 0 Å². The zero-order valence-electron chi connectivity index (χ0n) is 11.0. The minimum atomic E-state index is -4.93. The van der Waals surface area contributed by atoms with E-state index in [4.69, 9.17) is 0 Å². The lowest BCUT2D eigenvalue weighted by atomic mass is 9.96. The summed E-state index contributed by atoms with van der Waals surface area (Å²) in [6.45, 7) is 5.47. The Labute approximate surface area is 121 Å². The van der Waals surface area contributed by atoms with Crippen LogP contribution in [0.15, 0.2) is 22.8 Å². The van der Waals surface area contributed by atoms with Crippen LogP contribution in [-0.4, -0.2) is 21.3 Å². The van der Waals surface area contributed by atoms with Crippen LogP contribution in [0.25, 0.3) is 5.52 Å². The van der Waals surface area contributed by atoms with Crippen LogP contribution in [-0.2, 0) is 5.41 Å². The zero-order valence-corrected chi connectivity index (χ0v) is 12.6. The maximum Gasteiger partial charge on any atom is 0.456 e. The van der Waals surface area contributed by atoms with E-state index in [2.05, 4.69) is 20.9 Å². The van der Waals surface area contributed by atoms with Crippen LogP contribution in [0.1, 0.15) is 37.1 Å². The summed E-state index contributed by atoms with van der Waals surface area (Å²) in [5, 5.41) is 0. The first kappa shape index (κ1) is 15.0. The van der Waals surface area contributed by atoms with E-state index in [-0.39, 0.29) is 5.52 Å². The first-order valence-electron chi connectivity index (χ1n) is 5.81. The monoisotopic (exact) mass is 348 g/mol. The van der Waals surface area contributed by atoms with Gasteiger partial charge in [-0.2, -0.15) is 13.2 Å². The van der Waals surface area contributed by atoms with Gasteiger partial charge in [-0.25, -0.2) is 4.98 Å². The van der Waals surface area contributed by atoms with E-state index in [1.54, 1.807) is 12.3 Å². The fourth-order valence-electron chi connectivity index (χ4n) is 1.89. The van der Waals surface area contributed by atoms with Crippen molar-refractivity contribution in [2.75, 3.05) is 0 Å². The van der Waals surface area contributed by atoms with Gasteiger partial charge in [-0.15, -0.1) is 0 Å². The van der Waals surface area contributed by atoms with Gasteiger partial charge < -0.3 is 4.40 Å². The minimum Gasteiger partial charge on any atom is -0.301 e. The average molecular weight is 349 g/mol. The Morgan fingerprint density at radius 1 is 1.25 bits per heavy atom. The van der Waals surface area contributed by atoms with E-state index < -0.39 is 23.1 Å². The smallest absolute Gasteiger partial charge is 0.301 e. The molecule has 2 heterocycles. The van der Waals surface area contributed by atoms with Crippen molar-refractivity contribution < 1.29 is 18.0 Å². The quantitative estimate of drug-likeness (QED) is 0.726. The molecule has 0 spiro atoms. The number of Topliss-reactive ketones (excluding diaryl/α,β-unsaturated/α-hetero) is 1. The number of nitrogens with zero attached hydrogens (tertiary/aromatic N) is 2. The van der Waals surface area contributed by atoms with Crippen molar-refractivity contribution >= 4 is 27.2 Å². The average Bonchev–Trinajstić information content (AvgIpc) is 2.64. The normalized spacial score (nSPS) is 12.9. The summed E-state index contributed by atoms with van der Waals surface area (Å²) in [6, 6.07) is 3.03. The second kappa shape index (κ2) is 4.58. The molecule has 0 bridgehead atoms. The van der Waals surface area contributed by atoms with Gasteiger partial charge in [0.05, 0.1) is 5.52 Å². The predicted octanol–water partition coefficient (Wildman–Crippen LogP) is 4.14. The molecule has 0 saturated carbocycles. The van der Waals surface area contributed by atoms with Crippen LogP contribution < -0.4 is 0 Å². The third-order valence-corrected chi connectivity index (χ3v) is 3.21. The lowest BCUT2D eigenvalue weighted by Crippen LogP contribution is -2.23. The van der Waals surface area contributed by atoms with Gasteiger partial charge in [0.15, 0.2) is 0 Å². The molecule has 0 atom stereocenters. The van der Waals surface area contributed by atoms with Crippen molar-refractivity contribution in [2.45, 2.75) is 32.4 Å². The predicted molar refractivity (Wildman–Crippen MR) is 72.0 cm³/mol. The number of alkyl halides is 3. The number of carbonyl (C=O) groups is 1. The lowest BCUT2D eigenvalue weighted by Gasteiger charge is -2.16. The summed E-state index contributed by atoms with van der Waals surface area (Å²) < 4.78 is 40.1. The number of fused-ring (bicyclic) bond motifs is 1. The van der Waals surface area contributed by atoms with Crippen LogP contribution in [0, 0.1) is 0 Å². The number of imidazole rings is 1. The first-order valence-corrected chi connectivity index (χ1v) is 6.61. The highest BCUT2D eigenvalue weighted by atomic mass is 79.9. The van der Waals surface area contributed by atoms with Gasteiger partial charge in [0.2, 0.25) is 0 Å². The topological polar surface area (TPSA) is 34.4 Å². The highest BCUT2D eigenvalue weighted by Gasteiger charge is 2.42. The van der Waals surface area contributed by atoms with E-state index >= 15 is 0 Å². The van der Waals surface area contributed by atoms with Crippen LogP contribution in [0.5, 0.6) is 0 Å². The van der Waals surface area contributed by atoms with E-state index in [0.717, 1.165) is 0 Å². The van der Waals surface area contributed by atoms with Gasteiger partial charge in [-0.1, -0.05) is 20.8 Å². The number of aromatic nitrogens is 2. The molecule has 0 aliphatic heterocycles. The maximum atomic E-state index is 12.6. The SMILES string of the molecule is CC(C)(C)c1nc(C(=O)C(F)(F)F)c2ccc(Br)cn12. The molecule has 2 aromatic rings. The third kappa shape index (κ3) is 2.59. The summed E-state index contributed by atoms with van der Waals surface area (Å²) in [5.74, 6) is -1.52. The molecular formula is C13H12BrF3N2O. The Morgan fingerprint density at radius 2 is 1.85 bits per heavy atom. The first-order chi connectivity index (χ1) is 9.01. The number of carbonyl (C=O) groups excluding carboxylic acids is 1. The molecule has 0 fully saturated rings. The summed E-state index contributed by atoms with van der Waals surface area (Å²) in [5.41, 5.74) is -0.899. The maximum absolute atomic E-state index is 12.6. The van der Waals surface area contributed by atoms with Crippen molar-refractivity contribution in [1.29, 1.82) is 0 Å². The molecule has 0 aliphatic rings. The number of hydrogen-bond donors (Lipinski definition) is 0. The summed E-state index contributed by atoms with van der Waals surface area (Å²) in [4.78, 5) is 15.4. The molecule has 20 heavy (non-hydrogen) atoms. The van der Waals surface area contributed by atoms with E-state index in [1.165, 1.54) is 10.5 Å². The van der Waals surface area contributed by atoms with E-state index in [9.17, 15) is 18.0 Å². The van der Waals surface area contributed by atoms with Gasteiger partial charge in [0, 0.05) is 16.1 Å². The summed E-state index contributed by atoms with van der Waals surface area (Å²) in [7, 11) is 0. The molecule has 0 aliphatic carbocycles. The molecule has 7 heteroatoms. The Morgan fingerprint density at radius 3 is 2.35 bits per heavy atom. The molecule has 0 amide bonds. The Bertz CT molecular complexity index is 683. The van der Waals surface area contributed by atoms with Crippen molar-refractivity contribution in [3.8, 4) is 0 Å². The van der Waals surface area contributed by atoms with E-state index in [1.807, 2.05) is 20.8 Å². The third-order valence-electron chi connectivity index (χ3n) is 2.74. The number of ketones is 1. The molecule has 0 radical (unpaired) electrons. The molecule has 108 valence electrons. The summed E-state index contributed by atoms with van der Waals surface area (Å²) in [6.07, 6.45) is -3.33. The second-order valence-electron chi connectivity index (χ2n) is 5.46. The van der Waals surface area contributed by atoms with Crippen LogP contribution in [0.4, 0.5) is 13.2 Å². The highest BCUT2D eigenvalue weighted by molar-refractivity contribution is 9.10. The van der Waals surface area contributed by atoms with Gasteiger partial charge in [0.1, 0.15) is 11.5 Å². The van der Waals surface area contributed by atoms with E-state index in [0.29, 0.717) is 10.3 Å². The molecule has 0 N–H and O–H groups in total. The molecule has 2 rings (SSSR count). The molecule has 0 saturated heterocycles. The Hall–Kier alpha value is -1.37. The fraction of sp³-hybridized carbons (Fsp3) is 0.385. The standard InChI is InChI=1S/C13H12BrF3N2O/c1-12(2,3)11-18-9(10(20)13(15,16)17)8-5-4-7(14)6-19(8)11/h4-6H,1-3H3. The molecule has 0 aromatic carbocycles. The molecule has 2 aromatic heterocycles. The molecule has 0 unspecified atom stereocenters. The fourth-order valence-corrected chi connectivity index (χ4v) is 2.23. The zero-order chi connectivity index (χ0) is 15.3. The van der Waals surface area contributed by atoms with Crippen LogP contribution in [0.2, 0.25) is 0 Å². The van der Waals surface area contributed by atoms with Crippen molar-refractivity contribution in [2.24, 2.45) is 0 Å². The number of rotatable bonds is 1. The van der Waals surface area contributed by atoms with Crippen molar-refractivity contribution in [3.63, 3.8) is 0 Å². The van der Waals surface area contributed by atoms with Gasteiger partial charge in [0.25, 0.3) is 5.78 Å². The summed E-state index contributed by atoms with van der Waals surface area (Å²) >= 11 is 3.26.